The summed E-state index contributed by atoms with van der Waals surface area (Å²) in [7, 11) is 0. The molecule has 0 fully saturated rings. The predicted molar refractivity (Wildman–Crippen MR) is 85.8 cm³/mol. The molecule has 2 aromatic carbocycles. The summed E-state index contributed by atoms with van der Waals surface area (Å²) in [5.41, 5.74) is 1.16. The van der Waals surface area contributed by atoms with Crippen LogP contribution in [0.4, 0.5) is 0 Å². The molecule has 2 aromatic rings. The zero-order chi connectivity index (χ0) is 14.8. The molecule has 0 unspecified atom stereocenters. The third-order valence-corrected chi connectivity index (χ3v) is 2.91. The molecule has 0 aromatic heterocycles. The smallest absolute Gasteiger partial charge is 0.120 e. The first-order valence-corrected chi connectivity index (χ1v) is 7.09. The van der Waals surface area contributed by atoms with E-state index in [1.807, 2.05) is 60.7 Å². The summed E-state index contributed by atoms with van der Waals surface area (Å²) in [6.07, 6.45) is 1.83. The number of ether oxygens (including phenoxy) is 2. The van der Waals surface area contributed by atoms with E-state index in [1.165, 1.54) is 0 Å². The summed E-state index contributed by atoms with van der Waals surface area (Å²) in [4.78, 5) is 0. The molecular formula is C18H21NO2. The molecular weight excluding hydrogens is 262 g/mol. The maximum Gasteiger partial charge on any atom is 0.120 e. The minimum absolute atomic E-state index is 0.576. The van der Waals surface area contributed by atoms with Crippen LogP contribution in [0.3, 0.4) is 0 Å². The molecule has 21 heavy (non-hydrogen) atoms. The van der Waals surface area contributed by atoms with Crippen molar-refractivity contribution in [2.45, 2.75) is 6.61 Å². The normalized spacial score (nSPS) is 10.1. The van der Waals surface area contributed by atoms with Gasteiger partial charge in [0, 0.05) is 13.1 Å². The number of hydrogen-bond donors (Lipinski definition) is 1. The third kappa shape index (κ3) is 5.71. The standard InChI is InChI=1S/C18H21NO2/c1-2-12-19-13-14-20-17-8-10-18(11-9-17)21-15-16-6-4-3-5-7-16/h2-11,19H,1,12-15H2. The van der Waals surface area contributed by atoms with Crippen molar-refractivity contribution in [3.63, 3.8) is 0 Å². The second kappa shape index (κ2) is 8.82. The minimum Gasteiger partial charge on any atom is -0.492 e. The van der Waals surface area contributed by atoms with Crippen LogP contribution >= 0.6 is 0 Å². The number of hydrogen-bond acceptors (Lipinski definition) is 3. The summed E-state index contributed by atoms with van der Waals surface area (Å²) in [6, 6.07) is 17.8. The van der Waals surface area contributed by atoms with Crippen molar-refractivity contribution in [1.29, 1.82) is 0 Å². The van der Waals surface area contributed by atoms with Gasteiger partial charge in [-0.25, -0.2) is 0 Å². The van der Waals surface area contributed by atoms with E-state index in [0.29, 0.717) is 13.2 Å². The molecule has 0 aliphatic rings. The van der Waals surface area contributed by atoms with Crippen molar-refractivity contribution in [1.82, 2.24) is 5.32 Å². The van der Waals surface area contributed by atoms with E-state index < -0.39 is 0 Å². The van der Waals surface area contributed by atoms with Gasteiger partial charge < -0.3 is 14.8 Å². The first-order chi connectivity index (χ1) is 10.4. The molecule has 0 saturated heterocycles. The van der Waals surface area contributed by atoms with Gasteiger partial charge in [-0.05, 0) is 29.8 Å². The van der Waals surface area contributed by atoms with Crippen molar-refractivity contribution in [3.8, 4) is 11.5 Å². The van der Waals surface area contributed by atoms with Crippen LogP contribution in [0, 0.1) is 0 Å². The Morgan fingerprint density at radius 2 is 1.57 bits per heavy atom. The summed E-state index contributed by atoms with van der Waals surface area (Å²) in [5, 5.41) is 3.19. The first-order valence-electron chi connectivity index (χ1n) is 7.09. The molecule has 3 nitrogen and oxygen atoms in total. The highest BCUT2D eigenvalue weighted by molar-refractivity contribution is 5.31. The van der Waals surface area contributed by atoms with Gasteiger partial charge in [0.05, 0.1) is 0 Å². The second-order valence-corrected chi connectivity index (χ2v) is 4.59. The largest absolute Gasteiger partial charge is 0.492 e. The van der Waals surface area contributed by atoms with E-state index in [4.69, 9.17) is 9.47 Å². The highest BCUT2D eigenvalue weighted by Gasteiger charge is 1.97. The zero-order valence-electron chi connectivity index (χ0n) is 12.1. The molecule has 0 atom stereocenters. The van der Waals surface area contributed by atoms with Crippen molar-refractivity contribution in [2.75, 3.05) is 19.7 Å². The molecule has 1 N–H and O–H groups in total. The first kappa shape index (κ1) is 15.1. The lowest BCUT2D eigenvalue weighted by Gasteiger charge is -2.09. The summed E-state index contributed by atoms with van der Waals surface area (Å²) in [6.45, 7) is 6.47. The SMILES string of the molecule is C=CCNCCOc1ccc(OCc2ccccc2)cc1. The highest BCUT2D eigenvalue weighted by atomic mass is 16.5. The summed E-state index contributed by atoms with van der Waals surface area (Å²) in [5.74, 6) is 1.69. The van der Waals surface area contributed by atoms with Crippen molar-refractivity contribution >= 4 is 0 Å². The van der Waals surface area contributed by atoms with Gasteiger partial charge in [0.25, 0.3) is 0 Å². The average Bonchev–Trinajstić information content (AvgIpc) is 2.55. The fourth-order valence-corrected chi connectivity index (χ4v) is 1.82. The molecule has 110 valence electrons. The number of rotatable bonds is 9. The van der Waals surface area contributed by atoms with Gasteiger partial charge in [-0.1, -0.05) is 36.4 Å². The van der Waals surface area contributed by atoms with Crippen LogP contribution in [0.15, 0.2) is 67.3 Å². The average molecular weight is 283 g/mol. The van der Waals surface area contributed by atoms with E-state index in [1.54, 1.807) is 0 Å². The van der Waals surface area contributed by atoms with Gasteiger partial charge in [-0.3, -0.25) is 0 Å². The number of benzene rings is 2. The van der Waals surface area contributed by atoms with E-state index in [0.717, 1.165) is 30.2 Å². The molecule has 0 aliphatic heterocycles. The lowest BCUT2D eigenvalue weighted by molar-refractivity contribution is 0.301. The Hall–Kier alpha value is -2.26. The quantitative estimate of drug-likeness (QED) is 0.565. The van der Waals surface area contributed by atoms with Crippen LogP contribution in [-0.2, 0) is 6.61 Å². The Labute approximate surface area is 126 Å². The topological polar surface area (TPSA) is 30.5 Å². The van der Waals surface area contributed by atoms with E-state index >= 15 is 0 Å². The Bertz CT molecular complexity index is 523. The van der Waals surface area contributed by atoms with Crippen LogP contribution in [0.2, 0.25) is 0 Å². The number of nitrogens with one attached hydrogen (secondary N) is 1. The molecule has 0 heterocycles. The van der Waals surface area contributed by atoms with Crippen LogP contribution in [0.25, 0.3) is 0 Å². The Morgan fingerprint density at radius 1 is 0.905 bits per heavy atom. The van der Waals surface area contributed by atoms with Crippen molar-refractivity contribution in [3.05, 3.63) is 72.8 Å². The van der Waals surface area contributed by atoms with E-state index in [2.05, 4.69) is 11.9 Å². The third-order valence-electron chi connectivity index (χ3n) is 2.91. The van der Waals surface area contributed by atoms with Crippen LogP contribution in [0.1, 0.15) is 5.56 Å². The van der Waals surface area contributed by atoms with E-state index in [9.17, 15) is 0 Å². The molecule has 0 amide bonds. The predicted octanol–water partition coefficient (Wildman–Crippen LogP) is 3.42. The van der Waals surface area contributed by atoms with Gasteiger partial charge in [-0.15, -0.1) is 6.58 Å². The molecule has 0 bridgehead atoms. The Kier molecular flexibility index (Phi) is 6.36. The van der Waals surface area contributed by atoms with E-state index in [-0.39, 0.29) is 0 Å². The van der Waals surface area contributed by atoms with Crippen molar-refractivity contribution < 1.29 is 9.47 Å². The Balaban J connectivity index is 1.72. The molecule has 0 aliphatic carbocycles. The molecule has 3 heteroatoms. The summed E-state index contributed by atoms with van der Waals surface area (Å²) >= 11 is 0. The Morgan fingerprint density at radius 3 is 2.24 bits per heavy atom. The molecule has 0 saturated carbocycles. The second-order valence-electron chi connectivity index (χ2n) is 4.59. The minimum atomic E-state index is 0.576. The van der Waals surface area contributed by atoms with Crippen LogP contribution in [-0.4, -0.2) is 19.7 Å². The van der Waals surface area contributed by atoms with Gasteiger partial charge in [0.1, 0.15) is 24.7 Å². The van der Waals surface area contributed by atoms with Crippen molar-refractivity contribution in [2.24, 2.45) is 0 Å². The molecule has 2 rings (SSSR count). The van der Waals surface area contributed by atoms with Gasteiger partial charge in [-0.2, -0.15) is 0 Å². The maximum absolute atomic E-state index is 5.73. The lowest BCUT2D eigenvalue weighted by atomic mass is 10.2. The monoisotopic (exact) mass is 283 g/mol. The lowest BCUT2D eigenvalue weighted by Crippen LogP contribution is -2.20. The molecule has 0 spiro atoms. The fourth-order valence-electron chi connectivity index (χ4n) is 1.82. The van der Waals surface area contributed by atoms with Gasteiger partial charge in [0.2, 0.25) is 0 Å². The zero-order valence-corrected chi connectivity index (χ0v) is 12.1. The van der Waals surface area contributed by atoms with Gasteiger partial charge in [0.15, 0.2) is 0 Å². The van der Waals surface area contributed by atoms with Gasteiger partial charge >= 0.3 is 0 Å². The highest BCUT2D eigenvalue weighted by Crippen LogP contribution is 2.18. The van der Waals surface area contributed by atoms with Crippen LogP contribution in [0.5, 0.6) is 11.5 Å². The van der Waals surface area contributed by atoms with Crippen LogP contribution < -0.4 is 14.8 Å². The maximum atomic E-state index is 5.73. The fraction of sp³-hybridized carbons (Fsp3) is 0.222. The summed E-state index contributed by atoms with van der Waals surface area (Å²) < 4.78 is 11.3. The molecule has 0 radical (unpaired) electrons.